The summed E-state index contributed by atoms with van der Waals surface area (Å²) in [7, 11) is 0. The first-order chi connectivity index (χ1) is 10.8. The summed E-state index contributed by atoms with van der Waals surface area (Å²) in [6.07, 6.45) is -1.98. The second kappa shape index (κ2) is 6.77. The van der Waals surface area contributed by atoms with Gasteiger partial charge in [0.25, 0.3) is 11.8 Å². The second-order valence-electron chi connectivity index (χ2n) is 4.22. The lowest BCUT2D eigenvalue weighted by Gasteiger charge is -2.10. The molecule has 0 bridgehead atoms. The van der Waals surface area contributed by atoms with Crippen LogP contribution in [0.1, 0.15) is 20.7 Å². The number of rotatable bonds is 3. The van der Waals surface area contributed by atoms with Crippen molar-refractivity contribution in [3.05, 3.63) is 59.9 Å². The predicted molar refractivity (Wildman–Crippen MR) is 72.3 cm³/mol. The van der Waals surface area contributed by atoms with Gasteiger partial charge >= 0.3 is 6.36 Å². The van der Waals surface area contributed by atoms with Crippen molar-refractivity contribution in [1.29, 1.82) is 0 Å². The van der Waals surface area contributed by atoms with Crippen LogP contribution in [0, 0.1) is 0 Å². The summed E-state index contributed by atoms with van der Waals surface area (Å²) in [4.78, 5) is 27.2. The van der Waals surface area contributed by atoms with Gasteiger partial charge in [0.1, 0.15) is 5.75 Å². The van der Waals surface area contributed by atoms with Crippen molar-refractivity contribution in [2.75, 3.05) is 0 Å². The Labute approximate surface area is 128 Å². The summed E-state index contributed by atoms with van der Waals surface area (Å²) in [5, 5.41) is 0. The highest BCUT2D eigenvalue weighted by atomic mass is 19.4. The molecule has 23 heavy (non-hydrogen) atoms. The molecule has 2 rings (SSSR count). The van der Waals surface area contributed by atoms with Crippen molar-refractivity contribution in [3.63, 3.8) is 0 Å². The van der Waals surface area contributed by atoms with Crippen LogP contribution < -0.4 is 15.6 Å². The summed E-state index contributed by atoms with van der Waals surface area (Å²) in [6.45, 7) is 0. The molecule has 6 nitrogen and oxygen atoms in total. The van der Waals surface area contributed by atoms with E-state index in [1.165, 1.54) is 24.5 Å². The fourth-order valence-corrected chi connectivity index (χ4v) is 1.57. The lowest BCUT2D eigenvalue weighted by Crippen LogP contribution is -2.41. The third kappa shape index (κ3) is 4.99. The zero-order chi connectivity index (χ0) is 16.9. The number of nitrogens with one attached hydrogen (secondary N) is 2. The molecular formula is C14H10F3N3O3. The topological polar surface area (TPSA) is 80.3 Å². The molecule has 0 aliphatic rings. The van der Waals surface area contributed by atoms with Gasteiger partial charge in [0.2, 0.25) is 0 Å². The third-order valence-corrected chi connectivity index (χ3v) is 2.58. The minimum Gasteiger partial charge on any atom is -0.406 e. The zero-order valence-electron chi connectivity index (χ0n) is 11.4. The highest BCUT2D eigenvalue weighted by Crippen LogP contribution is 2.22. The van der Waals surface area contributed by atoms with E-state index in [2.05, 4.69) is 20.6 Å². The fourth-order valence-electron chi connectivity index (χ4n) is 1.57. The van der Waals surface area contributed by atoms with Crippen LogP contribution in [0.3, 0.4) is 0 Å². The number of pyridine rings is 1. The summed E-state index contributed by atoms with van der Waals surface area (Å²) < 4.78 is 39.7. The van der Waals surface area contributed by atoms with Gasteiger partial charge in [-0.2, -0.15) is 0 Å². The summed E-state index contributed by atoms with van der Waals surface area (Å²) in [5.74, 6) is -1.70. The Balaban J connectivity index is 1.92. The Kier molecular flexibility index (Phi) is 4.79. The lowest BCUT2D eigenvalue weighted by molar-refractivity contribution is -0.274. The van der Waals surface area contributed by atoms with E-state index in [4.69, 9.17) is 0 Å². The smallest absolute Gasteiger partial charge is 0.406 e. The second-order valence-corrected chi connectivity index (χ2v) is 4.22. The first-order valence-corrected chi connectivity index (χ1v) is 6.22. The van der Waals surface area contributed by atoms with Crippen LogP contribution in [-0.4, -0.2) is 23.2 Å². The number of hydrogen-bond acceptors (Lipinski definition) is 4. The number of carbonyl (C=O) groups excluding carboxylic acids is 2. The SMILES string of the molecule is O=C(NNC(=O)c1ccc(OC(F)(F)F)cc1)c1ccncc1. The predicted octanol–water partition coefficient (Wildman–Crippen LogP) is 2.05. The van der Waals surface area contributed by atoms with Gasteiger partial charge in [-0.3, -0.25) is 25.4 Å². The van der Waals surface area contributed by atoms with Crippen molar-refractivity contribution in [1.82, 2.24) is 15.8 Å². The van der Waals surface area contributed by atoms with E-state index in [1.807, 2.05) is 0 Å². The minimum atomic E-state index is -4.80. The molecule has 1 aromatic carbocycles. The van der Waals surface area contributed by atoms with E-state index >= 15 is 0 Å². The maximum atomic E-state index is 12.0. The van der Waals surface area contributed by atoms with Crippen molar-refractivity contribution in [3.8, 4) is 5.75 Å². The van der Waals surface area contributed by atoms with E-state index in [0.717, 1.165) is 24.3 Å². The molecule has 0 saturated carbocycles. The van der Waals surface area contributed by atoms with Crippen molar-refractivity contribution >= 4 is 11.8 Å². The molecule has 2 N–H and O–H groups in total. The van der Waals surface area contributed by atoms with Gasteiger partial charge in [-0.25, -0.2) is 0 Å². The fraction of sp³-hybridized carbons (Fsp3) is 0.0714. The number of hydrogen-bond donors (Lipinski definition) is 2. The number of alkyl halides is 3. The van der Waals surface area contributed by atoms with Crippen LogP contribution in [0.25, 0.3) is 0 Å². The maximum Gasteiger partial charge on any atom is 0.573 e. The average molecular weight is 325 g/mol. The Morgan fingerprint density at radius 3 is 1.83 bits per heavy atom. The minimum absolute atomic E-state index is 0.0505. The molecule has 1 heterocycles. The molecule has 0 radical (unpaired) electrons. The van der Waals surface area contributed by atoms with Gasteiger partial charge < -0.3 is 4.74 Å². The molecule has 2 aromatic rings. The Morgan fingerprint density at radius 2 is 1.35 bits per heavy atom. The standard InChI is InChI=1S/C14H10F3N3O3/c15-14(16,17)23-11-3-1-9(2-4-11)12(21)19-20-13(22)10-5-7-18-8-6-10/h1-8H,(H,19,21)(H,20,22). The number of ether oxygens (including phenoxy) is 1. The zero-order valence-corrected chi connectivity index (χ0v) is 11.4. The monoisotopic (exact) mass is 325 g/mol. The van der Waals surface area contributed by atoms with Crippen LogP contribution in [0.5, 0.6) is 5.75 Å². The summed E-state index contributed by atoms with van der Waals surface area (Å²) >= 11 is 0. The van der Waals surface area contributed by atoms with Crippen molar-refractivity contribution in [2.24, 2.45) is 0 Å². The van der Waals surface area contributed by atoms with Gasteiger partial charge in [-0.05, 0) is 36.4 Å². The molecule has 0 aliphatic carbocycles. The molecule has 9 heteroatoms. The highest BCUT2D eigenvalue weighted by Gasteiger charge is 2.31. The van der Waals surface area contributed by atoms with Crippen LogP contribution in [0.2, 0.25) is 0 Å². The number of amides is 2. The van der Waals surface area contributed by atoms with Crippen molar-refractivity contribution in [2.45, 2.75) is 6.36 Å². The summed E-state index contributed by atoms with van der Waals surface area (Å²) in [5.41, 5.74) is 4.65. The van der Waals surface area contributed by atoms with Gasteiger partial charge in [0, 0.05) is 23.5 Å². The number of nitrogens with zero attached hydrogens (tertiary/aromatic N) is 1. The van der Waals surface area contributed by atoms with E-state index in [-0.39, 0.29) is 11.1 Å². The third-order valence-electron chi connectivity index (χ3n) is 2.58. The lowest BCUT2D eigenvalue weighted by atomic mass is 10.2. The van der Waals surface area contributed by atoms with Crippen LogP contribution in [0.4, 0.5) is 13.2 Å². The number of hydrazine groups is 1. The molecule has 0 atom stereocenters. The molecule has 0 fully saturated rings. The highest BCUT2D eigenvalue weighted by molar-refractivity contribution is 5.99. The van der Waals surface area contributed by atoms with E-state index < -0.39 is 23.9 Å². The van der Waals surface area contributed by atoms with E-state index in [1.54, 1.807) is 0 Å². The van der Waals surface area contributed by atoms with Gasteiger partial charge in [-0.1, -0.05) is 0 Å². The van der Waals surface area contributed by atoms with Crippen LogP contribution in [0.15, 0.2) is 48.8 Å². The maximum absolute atomic E-state index is 12.0. The number of benzene rings is 1. The molecule has 0 aliphatic heterocycles. The Hall–Kier alpha value is -3.10. The molecule has 0 saturated heterocycles. The first-order valence-electron chi connectivity index (χ1n) is 6.22. The molecule has 1 aromatic heterocycles. The van der Waals surface area contributed by atoms with Gasteiger partial charge in [-0.15, -0.1) is 13.2 Å². The number of carbonyl (C=O) groups is 2. The van der Waals surface area contributed by atoms with Gasteiger partial charge in [0.15, 0.2) is 0 Å². The average Bonchev–Trinajstić information content (AvgIpc) is 2.52. The Morgan fingerprint density at radius 1 is 0.870 bits per heavy atom. The van der Waals surface area contributed by atoms with Crippen LogP contribution >= 0.6 is 0 Å². The molecule has 2 amide bonds. The van der Waals surface area contributed by atoms with E-state index in [9.17, 15) is 22.8 Å². The Bertz CT molecular complexity index is 688. The quantitative estimate of drug-likeness (QED) is 0.847. The number of aromatic nitrogens is 1. The molecular weight excluding hydrogens is 315 g/mol. The van der Waals surface area contributed by atoms with Gasteiger partial charge in [0.05, 0.1) is 0 Å². The van der Waals surface area contributed by atoms with E-state index in [0.29, 0.717) is 0 Å². The normalized spacial score (nSPS) is 10.7. The molecule has 0 spiro atoms. The molecule has 0 unspecified atom stereocenters. The van der Waals surface area contributed by atoms with Crippen LogP contribution in [-0.2, 0) is 0 Å². The number of halogens is 3. The largest absolute Gasteiger partial charge is 0.573 e. The first kappa shape index (κ1) is 16.3. The molecule has 120 valence electrons. The van der Waals surface area contributed by atoms with Crippen molar-refractivity contribution < 1.29 is 27.5 Å². The summed E-state index contributed by atoms with van der Waals surface area (Å²) in [6, 6.07) is 7.15.